The molecule has 3 aromatic carbocycles. The number of carbonyl (C=O) groups excluding carboxylic acids is 1. The number of esters is 1. The van der Waals surface area contributed by atoms with Crippen LogP contribution in [-0.4, -0.2) is 24.3 Å². The molecule has 0 aromatic heterocycles. The Labute approximate surface area is 159 Å². The normalized spacial score (nSPS) is 16.9. The van der Waals surface area contributed by atoms with Gasteiger partial charge in [-0.25, -0.2) is 5.01 Å². The van der Waals surface area contributed by atoms with Crippen LogP contribution in [0.25, 0.3) is 16.5 Å². The summed E-state index contributed by atoms with van der Waals surface area (Å²) in [7, 11) is 2.01. The zero-order chi connectivity index (χ0) is 19.0. The molecule has 1 aliphatic heterocycles. The largest absolute Gasteiger partial charge is 0.436 e. The predicted molar refractivity (Wildman–Crippen MR) is 109 cm³/mol. The van der Waals surface area contributed by atoms with E-state index in [1.54, 1.807) is 0 Å². The number of anilines is 1. The first-order valence-corrected chi connectivity index (χ1v) is 9.02. The van der Waals surface area contributed by atoms with E-state index in [2.05, 4.69) is 46.4 Å². The van der Waals surface area contributed by atoms with Gasteiger partial charge in [0.25, 0.3) is 0 Å². The van der Waals surface area contributed by atoms with Gasteiger partial charge in [-0.05, 0) is 23.9 Å². The van der Waals surface area contributed by atoms with E-state index in [9.17, 15) is 4.79 Å². The first-order chi connectivity index (χ1) is 13.1. The van der Waals surface area contributed by atoms with Crippen molar-refractivity contribution in [2.24, 2.45) is 0 Å². The summed E-state index contributed by atoms with van der Waals surface area (Å²) in [6.07, 6.45) is -0.478. The molecule has 0 saturated heterocycles. The van der Waals surface area contributed by atoms with Gasteiger partial charge in [-0.15, -0.1) is 0 Å². The van der Waals surface area contributed by atoms with Crippen molar-refractivity contribution >= 4 is 28.1 Å². The minimum atomic E-state index is -0.478. The number of nitrogens with zero attached hydrogens (tertiary/aromatic N) is 2. The summed E-state index contributed by atoms with van der Waals surface area (Å²) in [5, 5.41) is 6.41. The van der Waals surface area contributed by atoms with Gasteiger partial charge in [-0.1, -0.05) is 66.7 Å². The summed E-state index contributed by atoms with van der Waals surface area (Å²) >= 11 is 0. The highest BCUT2D eigenvalue weighted by Crippen LogP contribution is 2.40. The molecule has 27 heavy (non-hydrogen) atoms. The van der Waals surface area contributed by atoms with Gasteiger partial charge in [0.1, 0.15) is 0 Å². The second-order valence-electron chi connectivity index (χ2n) is 6.73. The van der Waals surface area contributed by atoms with E-state index in [0.29, 0.717) is 0 Å². The van der Waals surface area contributed by atoms with Crippen LogP contribution in [0.5, 0.6) is 0 Å². The molecule has 1 atom stereocenters. The van der Waals surface area contributed by atoms with Crippen molar-refractivity contribution in [1.29, 1.82) is 0 Å². The lowest BCUT2D eigenvalue weighted by Crippen LogP contribution is -2.42. The third-order valence-electron chi connectivity index (χ3n) is 4.95. The maximum atomic E-state index is 11.8. The zero-order valence-electron chi connectivity index (χ0n) is 15.7. The number of benzene rings is 3. The van der Waals surface area contributed by atoms with Crippen LogP contribution in [0.3, 0.4) is 0 Å². The lowest BCUT2D eigenvalue weighted by Gasteiger charge is -2.35. The van der Waals surface area contributed by atoms with Crippen LogP contribution in [0.4, 0.5) is 5.69 Å². The van der Waals surface area contributed by atoms with Gasteiger partial charge >= 0.3 is 5.97 Å². The van der Waals surface area contributed by atoms with Crippen molar-refractivity contribution in [2.75, 3.05) is 12.1 Å². The number of hydrazine groups is 1. The Hall–Kier alpha value is -3.27. The number of carbonyl (C=O) groups is 1. The molecular formula is C23H22N2O2. The number of fused-ring (bicyclic) bond motifs is 1. The Bertz CT molecular complexity index is 1020. The lowest BCUT2D eigenvalue weighted by atomic mass is 10.1. The van der Waals surface area contributed by atoms with E-state index in [0.717, 1.165) is 33.3 Å². The fourth-order valence-electron chi connectivity index (χ4n) is 3.82. The summed E-state index contributed by atoms with van der Waals surface area (Å²) in [4.78, 5) is 11.8. The SMILES string of the molecule is CC(=O)OC1C(C)=C(c2ccccc2)N(C)N1c1cccc2ccccc12. The maximum Gasteiger partial charge on any atom is 0.304 e. The van der Waals surface area contributed by atoms with Crippen molar-refractivity contribution in [3.8, 4) is 0 Å². The van der Waals surface area contributed by atoms with E-state index < -0.39 is 6.23 Å². The van der Waals surface area contributed by atoms with Crippen molar-refractivity contribution in [2.45, 2.75) is 20.1 Å². The minimum absolute atomic E-state index is 0.299. The molecular weight excluding hydrogens is 336 g/mol. The molecule has 1 heterocycles. The van der Waals surface area contributed by atoms with Crippen LogP contribution >= 0.6 is 0 Å². The first kappa shape index (κ1) is 17.2. The zero-order valence-corrected chi connectivity index (χ0v) is 15.7. The minimum Gasteiger partial charge on any atom is -0.436 e. The molecule has 4 heteroatoms. The molecule has 0 aliphatic carbocycles. The van der Waals surface area contributed by atoms with Crippen LogP contribution in [0, 0.1) is 0 Å². The second kappa shape index (κ2) is 6.80. The first-order valence-electron chi connectivity index (χ1n) is 9.02. The van der Waals surface area contributed by atoms with Crippen LogP contribution in [0.1, 0.15) is 19.4 Å². The molecule has 0 amide bonds. The van der Waals surface area contributed by atoms with E-state index in [4.69, 9.17) is 4.74 Å². The monoisotopic (exact) mass is 358 g/mol. The topological polar surface area (TPSA) is 32.8 Å². The van der Waals surface area contributed by atoms with Crippen molar-refractivity contribution in [3.05, 3.63) is 83.9 Å². The van der Waals surface area contributed by atoms with E-state index in [1.165, 1.54) is 6.92 Å². The van der Waals surface area contributed by atoms with Crippen molar-refractivity contribution in [3.63, 3.8) is 0 Å². The summed E-state index contributed by atoms with van der Waals surface area (Å²) < 4.78 is 5.75. The molecule has 0 bridgehead atoms. The number of rotatable bonds is 3. The third-order valence-corrected chi connectivity index (χ3v) is 4.95. The summed E-state index contributed by atoms with van der Waals surface area (Å²) in [5.41, 5.74) is 4.16. The van der Waals surface area contributed by atoms with Crippen molar-refractivity contribution in [1.82, 2.24) is 5.01 Å². The van der Waals surface area contributed by atoms with Crippen LogP contribution < -0.4 is 5.01 Å². The van der Waals surface area contributed by atoms with Gasteiger partial charge in [0.15, 0.2) is 0 Å². The van der Waals surface area contributed by atoms with E-state index in [-0.39, 0.29) is 5.97 Å². The van der Waals surface area contributed by atoms with Crippen LogP contribution in [-0.2, 0) is 9.53 Å². The van der Waals surface area contributed by atoms with Gasteiger partial charge in [0, 0.05) is 24.9 Å². The molecule has 0 saturated carbocycles. The molecule has 0 fully saturated rings. The van der Waals surface area contributed by atoms with Crippen molar-refractivity contribution < 1.29 is 9.53 Å². The van der Waals surface area contributed by atoms with Gasteiger partial charge in [0.05, 0.1) is 11.4 Å². The fourth-order valence-corrected chi connectivity index (χ4v) is 3.82. The molecule has 136 valence electrons. The average Bonchev–Trinajstić information content (AvgIpc) is 2.91. The molecule has 4 nitrogen and oxygen atoms in total. The molecule has 3 aromatic rings. The van der Waals surface area contributed by atoms with E-state index in [1.807, 2.05) is 50.4 Å². The summed E-state index contributed by atoms with van der Waals surface area (Å²) in [5.74, 6) is -0.299. The number of hydrogen-bond acceptors (Lipinski definition) is 4. The third kappa shape index (κ3) is 2.93. The maximum absolute atomic E-state index is 11.8. The molecule has 1 aliphatic rings. The smallest absolute Gasteiger partial charge is 0.304 e. The molecule has 1 unspecified atom stereocenters. The van der Waals surface area contributed by atoms with Gasteiger partial charge in [-0.3, -0.25) is 9.80 Å². The van der Waals surface area contributed by atoms with Gasteiger partial charge in [-0.2, -0.15) is 0 Å². The quantitative estimate of drug-likeness (QED) is 0.628. The highest BCUT2D eigenvalue weighted by molar-refractivity contribution is 5.95. The highest BCUT2D eigenvalue weighted by Gasteiger charge is 2.38. The Kier molecular flexibility index (Phi) is 4.32. The Morgan fingerprint density at radius 1 is 0.926 bits per heavy atom. The molecule has 0 radical (unpaired) electrons. The standard InChI is InChI=1S/C23H22N2O2/c1-16-22(19-11-5-4-6-12-19)24(3)25(23(16)27-17(2)26)21-15-9-13-18-10-7-8-14-20(18)21/h4-15,23H,1-3H3. The molecule has 0 N–H and O–H groups in total. The Morgan fingerprint density at radius 3 is 2.33 bits per heavy atom. The number of hydrogen-bond donors (Lipinski definition) is 0. The number of ether oxygens (including phenoxy) is 1. The molecule has 4 rings (SSSR count). The van der Waals surface area contributed by atoms with Gasteiger partial charge in [0.2, 0.25) is 6.23 Å². The highest BCUT2D eigenvalue weighted by atomic mass is 16.6. The summed E-state index contributed by atoms with van der Waals surface area (Å²) in [6, 6.07) is 24.6. The van der Waals surface area contributed by atoms with Crippen LogP contribution in [0.15, 0.2) is 78.4 Å². The van der Waals surface area contributed by atoms with E-state index >= 15 is 0 Å². The predicted octanol–water partition coefficient (Wildman–Crippen LogP) is 4.83. The molecule has 0 spiro atoms. The average molecular weight is 358 g/mol. The van der Waals surface area contributed by atoms with Crippen LogP contribution in [0.2, 0.25) is 0 Å². The lowest BCUT2D eigenvalue weighted by molar-refractivity contribution is -0.145. The Morgan fingerprint density at radius 2 is 1.59 bits per heavy atom. The summed E-state index contributed by atoms with van der Waals surface area (Å²) in [6.45, 7) is 3.48. The second-order valence-corrected chi connectivity index (χ2v) is 6.73. The fraction of sp³-hybridized carbons (Fsp3) is 0.174. The Balaban J connectivity index is 1.88. The van der Waals surface area contributed by atoms with Gasteiger partial charge < -0.3 is 4.74 Å².